The normalized spacial score (nSPS) is 12.8. The Morgan fingerprint density at radius 3 is 2.65 bits per heavy atom. The summed E-state index contributed by atoms with van der Waals surface area (Å²) in [5.74, 6) is 0.0160. The van der Waals surface area contributed by atoms with E-state index in [-0.39, 0.29) is 11.9 Å². The van der Waals surface area contributed by atoms with Gasteiger partial charge in [0.05, 0.1) is 0 Å². The molecule has 0 aliphatic heterocycles. The Morgan fingerprint density at radius 2 is 2.12 bits per heavy atom. The summed E-state index contributed by atoms with van der Waals surface area (Å²) in [5, 5.41) is 3.07. The fourth-order valence-corrected chi connectivity index (χ4v) is 1.41. The number of hydrogen-bond acceptors (Lipinski definition) is 3. The molecule has 0 spiro atoms. The minimum absolute atomic E-state index is 0.139. The Morgan fingerprint density at radius 1 is 1.41 bits per heavy atom. The van der Waals surface area contributed by atoms with Gasteiger partial charge in [0.2, 0.25) is 0 Å². The van der Waals surface area contributed by atoms with Gasteiger partial charge in [-0.15, -0.1) is 0 Å². The molecule has 0 amide bonds. The molecule has 1 N–H and O–H groups in total. The smallest absolute Gasteiger partial charge is 0.165 e. The summed E-state index contributed by atoms with van der Waals surface area (Å²) in [6.07, 6.45) is 0. The predicted molar refractivity (Wildman–Crippen MR) is 67.9 cm³/mol. The fraction of sp³-hybridized carbons (Fsp3) is 0.538. The monoisotopic (exact) mass is 240 g/mol. The van der Waals surface area contributed by atoms with E-state index in [1.54, 1.807) is 6.07 Å². The second kappa shape index (κ2) is 6.57. The zero-order valence-corrected chi connectivity index (χ0v) is 11.0. The third-order valence-electron chi connectivity index (χ3n) is 2.69. The van der Waals surface area contributed by atoms with E-state index in [9.17, 15) is 4.39 Å². The molecule has 0 saturated heterocycles. The van der Waals surface area contributed by atoms with E-state index >= 15 is 0 Å². The maximum absolute atomic E-state index is 13.7. The largest absolute Gasteiger partial charge is 0.489 e. The highest BCUT2D eigenvalue weighted by molar-refractivity contribution is 5.30. The minimum atomic E-state index is -0.302. The van der Waals surface area contributed by atoms with Crippen LogP contribution in [0.2, 0.25) is 0 Å². The van der Waals surface area contributed by atoms with Gasteiger partial charge in [0.25, 0.3) is 0 Å². The average molecular weight is 240 g/mol. The van der Waals surface area contributed by atoms with Crippen LogP contribution in [-0.2, 0) is 0 Å². The Kier molecular flexibility index (Phi) is 5.38. The van der Waals surface area contributed by atoms with E-state index in [0.717, 1.165) is 12.1 Å². The van der Waals surface area contributed by atoms with Crippen molar-refractivity contribution in [3.05, 3.63) is 29.6 Å². The molecule has 0 fully saturated rings. The van der Waals surface area contributed by atoms with Crippen molar-refractivity contribution in [2.75, 3.05) is 34.3 Å². The molecule has 96 valence electrons. The average Bonchev–Trinajstić information content (AvgIpc) is 2.29. The molecular formula is C13H21FN2O. The van der Waals surface area contributed by atoms with Gasteiger partial charge in [0, 0.05) is 12.6 Å². The first-order valence-corrected chi connectivity index (χ1v) is 5.79. The molecule has 0 aliphatic rings. The van der Waals surface area contributed by atoms with E-state index < -0.39 is 0 Å². The molecule has 1 rings (SSSR count). The lowest BCUT2D eigenvalue weighted by Crippen LogP contribution is -2.19. The summed E-state index contributed by atoms with van der Waals surface area (Å²) in [5.41, 5.74) is 0.921. The number of likely N-dealkylation sites (N-methyl/N-ethyl adjacent to an activating group) is 1. The van der Waals surface area contributed by atoms with Crippen LogP contribution >= 0.6 is 0 Å². The van der Waals surface area contributed by atoms with Crippen LogP contribution in [0.25, 0.3) is 0 Å². The molecule has 1 atom stereocenters. The summed E-state index contributed by atoms with van der Waals surface area (Å²) in [4.78, 5) is 2.00. The van der Waals surface area contributed by atoms with Crippen molar-refractivity contribution >= 4 is 0 Å². The number of hydrogen-bond donors (Lipinski definition) is 1. The van der Waals surface area contributed by atoms with Gasteiger partial charge < -0.3 is 15.0 Å². The highest BCUT2D eigenvalue weighted by Crippen LogP contribution is 2.21. The number of nitrogens with zero attached hydrogens (tertiary/aromatic N) is 1. The molecule has 3 nitrogen and oxygen atoms in total. The standard InChI is InChI=1S/C13H21FN2O/c1-10(15-2)11-5-6-13(12(14)9-11)17-8-7-16(3)4/h5-6,9-10,15H,7-8H2,1-4H3. The third kappa shape index (κ3) is 4.32. The number of benzene rings is 1. The van der Waals surface area contributed by atoms with Crippen LogP contribution in [0.1, 0.15) is 18.5 Å². The quantitative estimate of drug-likeness (QED) is 0.823. The third-order valence-corrected chi connectivity index (χ3v) is 2.69. The van der Waals surface area contributed by atoms with E-state index in [2.05, 4.69) is 5.32 Å². The van der Waals surface area contributed by atoms with E-state index in [0.29, 0.717) is 12.4 Å². The lowest BCUT2D eigenvalue weighted by atomic mass is 10.1. The summed E-state index contributed by atoms with van der Waals surface area (Å²) in [6, 6.07) is 5.23. The van der Waals surface area contributed by atoms with E-state index in [1.165, 1.54) is 6.07 Å². The first kappa shape index (κ1) is 13.9. The van der Waals surface area contributed by atoms with Crippen LogP contribution < -0.4 is 10.1 Å². The van der Waals surface area contributed by atoms with Crippen LogP contribution in [0, 0.1) is 5.82 Å². The van der Waals surface area contributed by atoms with Crippen molar-refractivity contribution < 1.29 is 9.13 Å². The van der Waals surface area contributed by atoms with Crippen LogP contribution in [0.4, 0.5) is 4.39 Å². The van der Waals surface area contributed by atoms with Crippen LogP contribution in [0.5, 0.6) is 5.75 Å². The molecule has 0 radical (unpaired) electrons. The topological polar surface area (TPSA) is 24.5 Å². The van der Waals surface area contributed by atoms with Gasteiger partial charge in [-0.1, -0.05) is 6.07 Å². The van der Waals surface area contributed by atoms with Crippen molar-refractivity contribution in [1.82, 2.24) is 10.2 Å². The lowest BCUT2D eigenvalue weighted by Gasteiger charge is -2.14. The first-order chi connectivity index (χ1) is 8.04. The van der Waals surface area contributed by atoms with Gasteiger partial charge in [-0.2, -0.15) is 0 Å². The molecule has 0 saturated carbocycles. The van der Waals surface area contributed by atoms with Gasteiger partial charge in [-0.05, 0) is 45.8 Å². The second-order valence-electron chi connectivity index (χ2n) is 4.35. The molecule has 0 aliphatic carbocycles. The Bertz CT molecular complexity index is 355. The fourth-order valence-electron chi connectivity index (χ4n) is 1.41. The summed E-state index contributed by atoms with van der Waals surface area (Å²) in [7, 11) is 5.76. The molecule has 0 aromatic heterocycles. The SMILES string of the molecule is CNC(C)c1ccc(OCCN(C)C)c(F)c1. The molecule has 1 unspecified atom stereocenters. The predicted octanol–water partition coefficient (Wildman–Crippen LogP) is 2.05. The van der Waals surface area contributed by atoms with Crippen molar-refractivity contribution in [3.8, 4) is 5.75 Å². The summed E-state index contributed by atoms with van der Waals surface area (Å²) in [6.45, 7) is 3.25. The maximum Gasteiger partial charge on any atom is 0.165 e. The highest BCUT2D eigenvalue weighted by Gasteiger charge is 2.08. The van der Waals surface area contributed by atoms with Gasteiger partial charge in [-0.3, -0.25) is 0 Å². The maximum atomic E-state index is 13.7. The highest BCUT2D eigenvalue weighted by atomic mass is 19.1. The van der Waals surface area contributed by atoms with Crippen LogP contribution in [-0.4, -0.2) is 39.2 Å². The lowest BCUT2D eigenvalue weighted by molar-refractivity contribution is 0.252. The van der Waals surface area contributed by atoms with Crippen LogP contribution in [0.3, 0.4) is 0 Å². The zero-order valence-electron chi connectivity index (χ0n) is 11.0. The second-order valence-corrected chi connectivity index (χ2v) is 4.35. The van der Waals surface area contributed by atoms with Gasteiger partial charge in [0.1, 0.15) is 6.61 Å². The number of rotatable bonds is 6. The Labute approximate surface area is 103 Å². The molecule has 17 heavy (non-hydrogen) atoms. The summed E-state index contributed by atoms with van der Waals surface area (Å²) >= 11 is 0. The van der Waals surface area contributed by atoms with Gasteiger partial charge >= 0.3 is 0 Å². The molecular weight excluding hydrogens is 219 g/mol. The molecule has 0 heterocycles. The van der Waals surface area contributed by atoms with Crippen molar-refractivity contribution in [2.45, 2.75) is 13.0 Å². The molecule has 0 bridgehead atoms. The van der Waals surface area contributed by atoms with Crippen LogP contribution in [0.15, 0.2) is 18.2 Å². The molecule has 4 heteroatoms. The van der Waals surface area contributed by atoms with Gasteiger partial charge in [0.15, 0.2) is 11.6 Å². The summed E-state index contributed by atoms with van der Waals surface area (Å²) < 4.78 is 19.1. The zero-order chi connectivity index (χ0) is 12.8. The van der Waals surface area contributed by atoms with Crippen molar-refractivity contribution in [3.63, 3.8) is 0 Å². The van der Waals surface area contributed by atoms with Gasteiger partial charge in [-0.25, -0.2) is 4.39 Å². The number of halogens is 1. The molecule has 1 aromatic rings. The first-order valence-electron chi connectivity index (χ1n) is 5.79. The number of ether oxygens (including phenoxy) is 1. The molecule has 1 aromatic carbocycles. The number of nitrogens with one attached hydrogen (secondary N) is 1. The minimum Gasteiger partial charge on any atom is -0.489 e. The van der Waals surface area contributed by atoms with Crippen molar-refractivity contribution in [1.29, 1.82) is 0 Å². The van der Waals surface area contributed by atoms with E-state index in [1.807, 2.05) is 39.0 Å². The van der Waals surface area contributed by atoms with Crippen molar-refractivity contribution in [2.24, 2.45) is 0 Å². The van der Waals surface area contributed by atoms with E-state index in [4.69, 9.17) is 4.74 Å². The Balaban J connectivity index is 2.63. The Hall–Kier alpha value is -1.13.